The standard InChI is InChI=1S/C21H24N6O2/c1-14-2-5-19(25-24-14)23-20-12-17(6-9-22-20)29-18-13-27(16-3-4-16)26-21(18)15-7-10-28-11-8-15/h2,5-6,9,12-13,15-16H,3-4,7-8,10-11H2,1H3,(H,22,23,25). The highest BCUT2D eigenvalue weighted by atomic mass is 16.5. The average Bonchev–Trinajstić information content (AvgIpc) is 3.52. The molecule has 0 atom stereocenters. The van der Waals surface area contributed by atoms with Gasteiger partial charge in [-0.3, -0.25) is 4.68 Å². The smallest absolute Gasteiger partial charge is 0.168 e. The summed E-state index contributed by atoms with van der Waals surface area (Å²) in [7, 11) is 0. The molecule has 1 saturated heterocycles. The second kappa shape index (κ2) is 7.79. The van der Waals surface area contributed by atoms with Crippen molar-refractivity contribution in [2.45, 2.75) is 44.6 Å². The van der Waals surface area contributed by atoms with Crippen molar-refractivity contribution in [3.05, 3.63) is 48.0 Å². The van der Waals surface area contributed by atoms with Crippen molar-refractivity contribution in [3.8, 4) is 11.5 Å². The van der Waals surface area contributed by atoms with Crippen LogP contribution in [0.25, 0.3) is 0 Å². The minimum atomic E-state index is 0.376. The fraction of sp³-hybridized carbons (Fsp3) is 0.429. The second-order valence-corrected chi connectivity index (χ2v) is 7.64. The molecule has 0 radical (unpaired) electrons. The number of anilines is 2. The van der Waals surface area contributed by atoms with E-state index in [1.54, 1.807) is 6.20 Å². The molecule has 0 aromatic carbocycles. The highest BCUT2D eigenvalue weighted by molar-refractivity contribution is 5.53. The molecule has 29 heavy (non-hydrogen) atoms. The molecule has 3 aromatic rings. The molecule has 8 heteroatoms. The van der Waals surface area contributed by atoms with Crippen LogP contribution in [0, 0.1) is 6.92 Å². The molecular weight excluding hydrogens is 368 g/mol. The van der Waals surface area contributed by atoms with Gasteiger partial charge in [0.25, 0.3) is 0 Å². The summed E-state index contributed by atoms with van der Waals surface area (Å²) in [5.74, 6) is 3.22. The zero-order valence-electron chi connectivity index (χ0n) is 16.4. The van der Waals surface area contributed by atoms with Crippen molar-refractivity contribution in [3.63, 3.8) is 0 Å². The van der Waals surface area contributed by atoms with Gasteiger partial charge in [0.15, 0.2) is 11.6 Å². The van der Waals surface area contributed by atoms with E-state index in [2.05, 4.69) is 25.2 Å². The van der Waals surface area contributed by atoms with Crippen LogP contribution in [0.1, 0.15) is 49.0 Å². The summed E-state index contributed by atoms with van der Waals surface area (Å²) >= 11 is 0. The van der Waals surface area contributed by atoms with Gasteiger partial charge in [-0.1, -0.05) is 0 Å². The highest BCUT2D eigenvalue weighted by Crippen LogP contribution is 2.40. The topological polar surface area (TPSA) is 87.0 Å². The van der Waals surface area contributed by atoms with Crippen molar-refractivity contribution in [1.29, 1.82) is 0 Å². The normalized spacial score (nSPS) is 17.3. The zero-order valence-corrected chi connectivity index (χ0v) is 16.4. The molecule has 3 aromatic heterocycles. The molecule has 1 aliphatic carbocycles. The number of hydrogen-bond donors (Lipinski definition) is 1. The maximum Gasteiger partial charge on any atom is 0.168 e. The number of rotatable bonds is 6. The lowest BCUT2D eigenvalue weighted by Crippen LogP contribution is -2.15. The number of nitrogens with zero attached hydrogens (tertiary/aromatic N) is 5. The molecule has 2 aliphatic rings. The van der Waals surface area contributed by atoms with Gasteiger partial charge in [0.2, 0.25) is 0 Å². The van der Waals surface area contributed by atoms with Crippen molar-refractivity contribution in [2.75, 3.05) is 18.5 Å². The summed E-state index contributed by atoms with van der Waals surface area (Å²) in [6, 6.07) is 8.02. The lowest BCUT2D eigenvalue weighted by Gasteiger charge is -2.21. The molecule has 8 nitrogen and oxygen atoms in total. The molecule has 0 amide bonds. The van der Waals surface area contributed by atoms with Gasteiger partial charge in [-0.15, -0.1) is 5.10 Å². The Morgan fingerprint density at radius 1 is 1.07 bits per heavy atom. The Labute approximate surface area is 169 Å². The number of ether oxygens (including phenoxy) is 2. The number of aromatic nitrogens is 5. The van der Waals surface area contributed by atoms with Gasteiger partial charge in [0.1, 0.15) is 17.3 Å². The van der Waals surface area contributed by atoms with Crippen LogP contribution in [-0.2, 0) is 4.74 Å². The first-order valence-corrected chi connectivity index (χ1v) is 10.1. The summed E-state index contributed by atoms with van der Waals surface area (Å²) in [6.07, 6.45) is 8.10. The molecule has 1 N–H and O–H groups in total. The van der Waals surface area contributed by atoms with Gasteiger partial charge in [-0.2, -0.15) is 10.2 Å². The maximum atomic E-state index is 6.28. The third kappa shape index (κ3) is 4.22. The van der Waals surface area contributed by atoms with Crippen molar-refractivity contribution in [2.24, 2.45) is 0 Å². The lowest BCUT2D eigenvalue weighted by molar-refractivity contribution is 0.0839. The molecule has 4 heterocycles. The maximum absolute atomic E-state index is 6.28. The van der Waals surface area contributed by atoms with Gasteiger partial charge in [0, 0.05) is 31.4 Å². The summed E-state index contributed by atoms with van der Waals surface area (Å²) < 4.78 is 13.9. The molecule has 0 unspecified atom stereocenters. The van der Waals surface area contributed by atoms with Crippen LogP contribution in [0.15, 0.2) is 36.7 Å². The van der Waals surface area contributed by atoms with E-state index in [0.717, 1.165) is 43.2 Å². The van der Waals surface area contributed by atoms with E-state index in [1.807, 2.05) is 37.4 Å². The summed E-state index contributed by atoms with van der Waals surface area (Å²) in [5, 5.41) is 16.2. The lowest BCUT2D eigenvalue weighted by atomic mass is 9.96. The van der Waals surface area contributed by atoms with Crippen LogP contribution in [0.5, 0.6) is 11.5 Å². The van der Waals surface area contributed by atoms with Gasteiger partial charge >= 0.3 is 0 Å². The first-order chi connectivity index (χ1) is 14.2. The van der Waals surface area contributed by atoms with Crippen LogP contribution in [0.4, 0.5) is 11.6 Å². The Hall–Kier alpha value is -3.00. The molecular formula is C21H24N6O2. The molecule has 1 aliphatic heterocycles. The van der Waals surface area contributed by atoms with E-state index in [-0.39, 0.29) is 0 Å². The van der Waals surface area contributed by atoms with Crippen LogP contribution < -0.4 is 10.1 Å². The SMILES string of the molecule is Cc1ccc(Nc2cc(Oc3cn(C4CC4)nc3C3CCOCC3)ccn2)nn1. The fourth-order valence-corrected chi connectivity index (χ4v) is 3.51. The van der Waals surface area contributed by atoms with E-state index in [4.69, 9.17) is 14.6 Å². The first kappa shape index (κ1) is 18.1. The molecule has 0 spiro atoms. The van der Waals surface area contributed by atoms with E-state index in [0.29, 0.717) is 29.3 Å². The van der Waals surface area contributed by atoms with Gasteiger partial charge < -0.3 is 14.8 Å². The molecule has 150 valence electrons. The molecule has 2 fully saturated rings. The van der Waals surface area contributed by atoms with Crippen molar-refractivity contribution >= 4 is 11.6 Å². The molecule has 5 rings (SSSR count). The molecule has 1 saturated carbocycles. The Balaban J connectivity index is 1.37. The third-order valence-corrected chi connectivity index (χ3v) is 5.27. The zero-order chi connectivity index (χ0) is 19.6. The Bertz CT molecular complexity index is 977. The Kier molecular flexibility index (Phi) is 4.85. The number of hydrogen-bond acceptors (Lipinski definition) is 7. The number of nitrogens with one attached hydrogen (secondary N) is 1. The first-order valence-electron chi connectivity index (χ1n) is 10.1. The predicted octanol–water partition coefficient (Wildman–Crippen LogP) is 4.14. The minimum absolute atomic E-state index is 0.376. The highest BCUT2D eigenvalue weighted by Gasteiger charge is 2.29. The van der Waals surface area contributed by atoms with Gasteiger partial charge in [-0.05, 0) is 50.8 Å². The third-order valence-electron chi connectivity index (χ3n) is 5.27. The summed E-state index contributed by atoms with van der Waals surface area (Å²) in [4.78, 5) is 4.36. The van der Waals surface area contributed by atoms with Crippen LogP contribution in [-0.4, -0.2) is 38.2 Å². The largest absolute Gasteiger partial charge is 0.454 e. The monoisotopic (exact) mass is 392 g/mol. The van der Waals surface area contributed by atoms with Crippen LogP contribution in [0.2, 0.25) is 0 Å². The van der Waals surface area contributed by atoms with Crippen molar-refractivity contribution in [1.82, 2.24) is 25.0 Å². The van der Waals surface area contributed by atoms with Gasteiger partial charge in [0.05, 0.1) is 17.9 Å². The summed E-state index contributed by atoms with van der Waals surface area (Å²) in [5.41, 5.74) is 1.91. The minimum Gasteiger partial charge on any atom is -0.454 e. The van der Waals surface area contributed by atoms with E-state index >= 15 is 0 Å². The van der Waals surface area contributed by atoms with Crippen molar-refractivity contribution < 1.29 is 9.47 Å². The number of aryl methyl sites for hydroxylation is 1. The molecule has 0 bridgehead atoms. The predicted molar refractivity (Wildman–Crippen MR) is 108 cm³/mol. The van der Waals surface area contributed by atoms with Crippen LogP contribution >= 0.6 is 0 Å². The Morgan fingerprint density at radius 2 is 1.93 bits per heavy atom. The van der Waals surface area contributed by atoms with Crippen LogP contribution in [0.3, 0.4) is 0 Å². The second-order valence-electron chi connectivity index (χ2n) is 7.64. The fourth-order valence-electron chi connectivity index (χ4n) is 3.51. The quantitative estimate of drug-likeness (QED) is 0.674. The van der Waals surface area contributed by atoms with E-state index in [1.165, 1.54) is 12.8 Å². The summed E-state index contributed by atoms with van der Waals surface area (Å²) in [6.45, 7) is 3.46. The average molecular weight is 392 g/mol. The van der Waals surface area contributed by atoms with E-state index in [9.17, 15) is 0 Å². The Morgan fingerprint density at radius 3 is 2.69 bits per heavy atom. The van der Waals surface area contributed by atoms with E-state index < -0.39 is 0 Å². The number of pyridine rings is 1. The van der Waals surface area contributed by atoms with Gasteiger partial charge in [-0.25, -0.2) is 4.98 Å².